The van der Waals surface area contributed by atoms with Crippen LogP contribution in [0.4, 0.5) is 10.1 Å². The molecule has 0 unspecified atom stereocenters. The van der Waals surface area contributed by atoms with Gasteiger partial charge in [0, 0.05) is 43.0 Å². The minimum atomic E-state index is -0.572. The van der Waals surface area contributed by atoms with E-state index in [2.05, 4.69) is 22.0 Å². The normalized spacial score (nSPS) is 15.4. The molecule has 2 amide bonds. The number of nitrogens with one attached hydrogen (secondary N) is 1. The molecule has 1 heterocycles. The molecule has 0 aromatic heterocycles. The van der Waals surface area contributed by atoms with Crippen molar-refractivity contribution in [1.29, 1.82) is 0 Å². The predicted octanol–water partition coefficient (Wildman–Crippen LogP) is 2.32. The van der Waals surface area contributed by atoms with Gasteiger partial charge >= 0.3 is 0 Å². The highest BCUT2D eigenvalue weighted by Crippen LogP contribution is 2.28. The summed E-state index contributed by atoms with van der Waals surface area (Å²) in [6, 6.07) is 10.8. The predicted molar refractivity (Wildman–Crippen MR) is 118 cm³/mol. The van der Waals surface area contributed by atoms with Crippen LogP contribution in [0, 0.1) is 5.82 Å². The average Bonchev–Trinajstić information content (AvgIpc) is 2.78. The van der Waals surface area contributed by atoms with Crippen LogP contribution in [0.25, 0.3) is 0 Å². The molecule has 3 N–H and O–H groups in total. The van der Waals surface area contributed by atoms with E-state index in [1.165, 1.54) is 12.1 Å². The number of hydrogen-bond donors (Lipinski definition) is 2. The molecule has 8 heteroatoms. The fourth-order valence-electron chi connectivity index (χ4n) is 3.68. The number of hydrogen-bond acceptors (Lipinski definition) is 5. The molecule has 166 valence electrons. The molecule has 1 fully saturated rings. The fraction of sp³-hybridized carbons (Fsp3) is 0.391. The highest BCUT2D eigenvalue weighted by atomic mass is 19.1. The molecule has 3 rings (SSSR count). The van der Waals surface area contributed by atoms with Crippen molar-refractivity contribution in [2.75, 3.05) is 44.2 Å². The van der Waals surface area contributed by atoms with Crippen molar-refractivity contribution in [3.05, 3.63) is 59.4 Å². The lowest BCUT2D eigenvalue weighted by molar-refractivity contribution is -0.119. The SMILES string of the molecule is CCN1CCN(c2ccc(F)cc2[C@@H](C)NC(=O)c2ccc(OCC(N)=O)cc2)CC1. The number of nitrogens with two attached hydrogens (primary N) is 1. The quantitative estimate of drug-likeness (QED) is 0.674. The van der Waals surface area contributed by atoms with Gasteiger partial charge in [-0.2, -0.15) is 0 Å². The number of likely N-dealkylation sites (N-methyl/N-ethyl adjacent to an activating group) is 1. The van der Waals surface area contributed by atoms with E-state index in [0.29, 0.717) is 11.3 Å². The van der Waals surface area contributed by atoms with E-state index in [4.69, 9.17) is 10.5 Å². The molecule has 0 bridgehead atoms. The molecule has 31 heavy (non-hydrogen) atoms. The van der Waals surface area contributed by atoms with Gasteiger partial charge in [-0.25, -0.2) is 4.39 Å². The molecule has 0 radical (unpaired) electrons. The standard InChI is InChI=1S/C23H29FN4O3/c1-3-27-10-12-28(13-11-27)21-9-6-18(24)14-20(21)16(2)26-23(30)17-4-7-19(8-5-17)31-15-22(25)29/h4-9,14,16H,3,10-13,15H2,1-2H3,(H2,25,29)(H,26,30)/t16-/m1/s1. The van der Waals surface area contributed by atoms with Crippen molar-refractivity contribution < 1.29 is 18.7 Å². The van der Waals surface area contributed by atoms with Gasteiger partial charge in [0.1, 0.15) is 11.6 Å². The maximum atomic E-state index is 14.0. The van der Waals surface area contributed by atoms with Crippen LogP contribution in [0.1, 0.15) is 35.8 Å². The van der Waals surface area contributed by atoms with E-state index in [1.54, 1.807) is 30.3 Å². The number of anilines is 1. The van der Waals surface area contributed by atoms with Crippen LogP contribution in [-0.4, -0.2) is 56.0 Å². The van der Waals surface area contributed by atoms with Gasteiger partial charge in [-0.05, 0) is 55.9 Å². The third-order valence-electron chi connectivity index (χ3n) is 5.46. The Morgan fingerprint density at radius 3 is 2.42 bits per heavy atom. The van der Waals surface area contributed by atoms with E-state index in [9.17, 15) is 14.0 Å². The number of halogens is 1. The molecule has 0 saturated carbocycles. The Morgan fingerprint density at radius 2 is 1.81 bits per heavy atom. The van der Waals surface area contributed by atoms with Crippen molar-refractivity contribution in [2.45, 2.75) is 19.9 Å². The Morgan fingerprint density at radius 1 is 1.13 bits per heavy atom. The number of nitrogens with zero attached hydrogens (tertiary/aromatic N) is 2. The molecule has 1 atom stereocenters. The number of piperazine rings is 1. The van der Waals surface area contributed by atoms with Crippen LogP contribution >= 0.6 is 0 Å². The maximum Gasteiger partial charge on any atom is 0.255 e. The molecular formula is C23H29FN4O3. The summed E-state index contributed by atoms with van der Waals surface area (Å²) in [6.45, 7) is 8.42. The molecule has 1 aliphatic heterocycles. The lowest BCUT2D eigenvalue weighted by Gasteiger charge is -2.37. The summed E-state index contributed by atoms with van der Waals surface area (Å²) in [4.78, 5) is 28.1. The van der Waals surface area contributed by atoms with E-state index in [0.717, 1.165) is 44.0 Å². The summed E-state index contributed by atoms with van der Waals surface area (Å²) >= 11 is 0. The van der Waals surface area contributed by atoms with Gasteiger partial charge in [0.15, 0.2) is 6.61 Å². The van der Waals surface area contributed by atoms with Crippen molar-refractivity contribution in [2.24, 2.45) is 5.73 Å². The molecule has 1 saturated heterocycles. The first kappa shape index (κ1) is 22.6. The Kier molecular flexibility index (Phi) is 7.46. The Hall–Kier alpha value is -3.13. The largest absolute Gasteiger partial charge is 0.484 e. The Bertz CT molecular complexity index is 912. The van der Waals surface area contributed by atoms with Gasteiger partial charge in [-0.3, -0.25) is 9.59 Å². The minimum Gasteiger partial charge on any atom is -0.484 e. The van der Waals surface area contributed by atoms with Gasteiger partial charge < -0.3 is 25.6 Å². The van der Waals surface area contributed by atoms with Crippen LogP contribution < -0.4 is 20.7 Å². The monoisotopic (exact) mass is 428 g/mol. The minimum absolute atomic E-state index is 0.225. The topological polar surface area (TPSA) is 87.9 Å². The molecule has 2 aromatic carbocycles. The van der Waals surface area contributed by atoms with Crippen molar-refractivity contribution in [1.82, 2.24) is 10.2 Å². The lowest BCUT2D eigenvalue weighted by Crippen LogP contribution is -2.46. The zero-order chi connectivity index (χ0) is 22.4. The van der Waals surface area contributed by atoms with Crippen LogP contribution in [0.15, 0.2) is 42.5 Å². The summed E-state index contributed by atoms with van der Waals surface area (Å²) in [6.07, 6.45) is 0. The first-order valence-electron chi connectivity index (χ1n) is 10.5. The summed E-state index contributed by atoms with van der Waals surface area (Å²) in [7, 11) is 0. The number of ether oxygens (including phenoxy) is 1. The van der Waals surface area contributed by atoms with E-state index in [-0.39, 0.29) is 24.4 Å². The fourth-order valence-corrected chi connectivity index (χ4v) is 3.68. The van der Waals surface area contributed by atoms with Gasteiger partial charge in [-0.15, -0.1) is 0 Å². The molecule has 1 aliphatic rings. The first-order valence-corrected chi connectivity index (χ1v) is 10.5. The number of carbonyl (C=O) groups excluding carboxylic acids is 2. The first-order chi connectivity index (χ1) is 14.9. The summed E-state index contributed by atoms with van der Waals surface area (Å²) < 4.78 is 19.2. The van der Waals surface area contributed by atoms with Crippen LogP contribution in [0.3, 0.4) is 0 Å². The molecule has 7 nitrogen and oxygen atoms in total. The van der Waals surface area contributed by atoms with Crippen molar-refractivity contribution in [3.8, 4) is 5.75 Å². The van der Waals surface area contributed by atoms with Gasteiger partial charge in [0.25, 0.3) is 11.8 Å². The number of primary amides is 1. The molecule has 0 spiro atoms. The summed E-state index contributed by atoms with van der Waals surface area (Å²) in [5, 5.41) is 2.95. The Balaban J connectivity index is 1.69. The van der Waals surface area contributed by atoms with Crippen molar-refractivity contribution >= 4 is 17.5 Å². The molecular weight excluding hydrogens is 399 g/mol. The average molecular weight is 429 g/mol. The smallest absolute Gasteiger partial charge is 0.255 e. The second-order valence-corrected chi connectivity index (χ2v) is 7.60. The maximum absolute atomic E-state index is 14.0. The van der Waals surface area contributed by atoms with E-state index in [1.807, 2.05) is 6.92 Å². The number of benzene rings is 2. The Labute approximate surface area is 182 Å². The number of rotatable bonds is 8. The van der Waals surface area contributed by atoms with E-state index >= 15 is 0 Å². The van der Waals surface area contributed by atoms with Crippen LogP contribution in [0.5, 0.6) is 5.75 Å². The zero-order valence-corrected chi connectivity index (χ0v) is 17.9. The molecule has 2 aromatic rings. The van der Waals surface area contributed by atoms with Crippen LogP contribution in [-0.2, 0) is 4.79 Å². The lowest BCUT2D eigenvalue weighted by atomic mass is 10.0. The molecule has 0 aliphatic carbocycles. The van der Waals surface area contributed by atoms with Gasteiger partial charge in [0.05, 0.1) is 6.04 Å². The van der Waals surface area contributed by atoms with Crippen molar-refractivity contribution in [3.63, 3.8) is 0 Å². The highest BCUT2D eigenvalue weighted by Gasteiger charge is 2.22. The number of amides is 2. The highest BCUT2D eigenvalue weighted by molar-refractivity contribution is 5.94. The second-order valence-electron chi connectivity index (χ2n) is 7.60. The number of carbonyl (C=O) groups is 2. The summed E-state index contributed by atoms with van der Waals surface area (Å²) in [5.41, 5.74) is 7.19. The summed E-state index contributed by atoms with van der Waals surface area (Å²) in [5.74, 6) is -0.734. The van der Waals surface area contributed by atoms with Gasteiger partial charge in [0.2, 0.25) is 0 Å². The zero-order valence-electron chi connectivity index (χ0n) is 17.9. The van der Waals surface area contributed by atoms with E-state index < -0.39 is 5.91 Å². The van der Waals surface area contributed by atoms with Crippen LogP contribution in [0.2, 0.25) is 0 Å². The third kappa shape index (κ3) is 5.95. The second kappa shape index (κ2) is 10.3. The van der Waals surface area contributed by atoms with Gasteiger partial charge in [-0.1, -0.05) is 6.92 Å². The third-order valence-corrected chi connectivity index (χ3v) is 5.46.